The van der Waals surface area contributed by atoms with E-state index in [9.17, 15) is 0 Å². The molecule has 1 rings (SSSR count). The molecule has 0 radical (unpaired) electrons. The van der Waals surface area contributed by atoms with Crippen LogP contribution >= 0.6 is 0 Å². The second-order valence-corrected chi connectivity index (χ2v) is 5.42. The van der Waals surface area contributed by atoms with Gasteiger partial charge in [0.2, 0.25) is 0 Å². The van der Waals surface area contributed by atoms with Gasteiger partial charge in [0, 0.05) is 31.2 Å². The van der Waals surface area contributed by atoms with Crippen molar-refractivity contribution in [3.05, 3.63) is 0 Å². The van der Waals surface area contributed by atoms with Crippen molar-refractivity contribution < 1.29 is 0 Å². The van der Waals surface area contributed by atoms with Crippen LogP contribution in [0.2, 0.25) is 0 Å². The van der Waals surface area contributed by atoms with Crippen LogP contribution in [0.3, 0.4) is 0 Å². The molecule has 0 saturated carbocycles. The molecule has 1 atom stereocenters. The number of piperazine rings is 1. The predicted molar refractivity (Wildman–Crippen MR) is 58.0 cm³/mol. The van der Waals surface area contributed by atoms with Gasteiger partial charge in [0.25, 0.3) is 0 Å². The minimum absolute atomic E-state index is 0.329. The lowest BCUT2D eigenvalue weighted by Gasteiger charge is -2.43. The quantitative estimate of drug-likeness (QED) is 0.667. The lowest BCUT2D eigenvalue weighted by atomic mass is 9.97. The highest BCUT2D eigenvalue weighted by atomic mass is 15.2. The van der Waals surface area contributed by atoms with Crippen LogP contribution in [0.15, 0.2) is 0 Å². The molecule has 0 aromatic carbocycles. The molecule has 2 heteroatoms. The van der Waals surface area contributed by atoms with E-state index in [1.165, 1.54) is 13.1 Å². The molecule has 1 fully saturated rings. The topological polar surface area (TPSA) is 15.3 Å². The van der Waals surface area contributed by atoms with Crippen molar-refractivity contribution in [3.8, 4) is 0 Å². The van der Waals surface area contributed by atoms with Gasteiger partial charge in [0.15, 0.2) is 0 Å². The van der Waals surface area contributed by atoms with Gasteiger partial charge in [-0.15, -0.1) is 0 Å². The summed E-state index contributed by atoms with van der Waals surface area (Å²) >= 11 is 0. The van der Waals surface area contributed by atoms with E-state index in [2.05, 4.69) is 44.8 Å². The fraction of sp³-hybridized carbons (Fsp3) is 1.00. The number of rotatable bonds is 1. The van der Waals surface area contributed by atoms with E-state index in [0.717, 1.165) is 12.5 Å². The molecule has 1 aliphatic heterocycles. The summed E-state index contributed by atoms with van der Waals surface area (Å²) in [6, 6.07) is 0.674. The number of nitrogens with one attached hydrogen (secondary N) is 1. The molecule has 1 saturated heterocycles. The molecule has 0 spiro atoms. The minimum Gasteiger partial charge on any atom is -0.311 e. The van der Waals surface area contributed by atoms with E-state index < -0.39 is 0 Å². The van der Waals surface area contributed by atoms with Gasteiger partial charge in [0.05, 0.1) is 0 Å². The summed E-state index contributed by atoms with van der Waals surface area (Å²) < 4.78 is 0. The van der Waals surface area contributed by atoms with E-state index in [4.69, 9.17) is 0 Å². The third kappa shape index (κ3) is 2.96. The second-order valence-electron chi connectivity index (χ2n) is 5.42. The maximum absolute atomic E-state index is 3.58. The van der Waals surface area contributed by atoms with Gasteiger partial charge in [-0.3, -0.25) is 4.90 Å². The first-order valence-electron chi connectivity index (χ1n) is 5.39. The van der Waals surface area contributed by atoms with Gasteiger partial charge < -0.3 is 5.32 Å². The molecule has 0 aromatic heterocycles. The Morgan fingerprint density at radius 3 is 2.38 bits per heavy atom. The van der Waals surface area contributed by atoms with Crippen LogP contribution in [0.1, 0.15) is 34.6 Å². The highest BCUT2D eigenvalue weighted by Gasteiger charge is 2.28. The summed E-state index contributed by atoms with van der Waals surface area (Å²) in [6.07, 6.45) is 0. The summed E-state index contributed by atoms with van der Waals surface area (Å²) in [4.78, 5) is 2.58. The lowest BCUT2D eigenvalue weighted by Crippen LogP contribution is -2.58. The molecular weight excluding hydrogens is 160 g/mol. The molecule has 1 heterocycles. The molecule has 0 amide bonds. The fourth-order valence-corrected chi connectivity index (χ4v) is 1.83. The number of hydrogen-bond donors (Lipinski definition) is 1. The van der Waals surface area contributed by atoms with E-state index in [1.807, 2.05) is 0 Å². The molecule has 13 heavy (non-hydrogen) atoms. The molecular formula is C11H24N2. The van der Waals surface area contributed by atoms with Crippen LogP contribution in [-0.4, -0.2) is 36.1 Å². The van der Waals surface area contributed by atoms with Gasteiger partial charge in [-0.25, -0.2) is 0 Å². The van der Waals surface area contributed by atoms with Gasteiger partial charge in [-0.1, -0.05) is 13.8 Å². The van der Waals surface area contributed by atoms with Gasteiger partial charge in [-0.2, -0.15) is 0 Å². The van der Waals surface area contributed by atoms with E-state index in [-0.39, 0.29) is 0 Å². The largest absolute Gasteiger partial charge is 0.311 e. The Morgan fingerprint density at radius 1 is 1.31 bits per heavy atom. The Morgan fingerprint density at radius 2 is 1.92 bits per heavy atom. The molecule has 0 aromatic rings. The Hall–Kier alpha value is -0.0800. The molecule has 78 valence electrons. The molecule has 0 bridgehead atoms. The zero-order chi connectivity index (χ0) is 10.1. The van der Waals surface area contributed by atoms with Gasteiger partial charge in [0.1, 0.15) is 0 Å². The third-order valence-corrected chi connectivity index (χ3v) is 2.96. The van der Waals surface area contributed by atoms with Crippen molar-refractivity contribution in [2.24, 2.45) is 5.92 Å². The SMILES string of the molecule is CC(C)C1CN(C(C)(C)C)CCN1. The zero-order valence-corrected chi connectivity index (χ0v) is 9.72. The Balaban J connectivity index is 2.52. The first-order valence-corrected chi connectivity index (χ1v) is 5.39. The van der Waals surface area contributed by atoms with Crippen LogP contribution in [-0.2, 0) is 0 Å². The summed E-state index contributed by atoms with van der Waals surface area (Å²) in [7, 11) is 0. The van der Waals surface area contributed by atoms with Crippen molar-refractivity contribution in [1.29, 1.82) is 0 Å². The highest BCUT2D eigenvalue weighted by Crippen LogP contribution is 2.17. The standard InChI is InChI=1S/C11H24N2/c1-9(2)10-8-13(7-6-12-10)11(3,4)5/h9-10,12H,6-8H2,1-5H3. The average molecular weight is 184 g/mol. The molecule has 1 N–H and O–H groups in total. The summed E-state index contributed by atoms with van der Waals surface area (Å²) in [6.45, 7) is 15.0. The maximum Gasteiger partial charge on any atom is 0.0218 e. The Bertz CT molecular complexity index is 158. The molecule has 2 nitrogen and oxygen atoms in total. The number of nitrogens with zero attached hydrogens (tertiary/aromatic N) is 1. The molecule has 1 aliphatic rings. The van der Waals surface area contributed by atoms with Crippen LogP contribution in [0.5, 0.6) is 0 Å². The van der Waals surface area contributed by atoms with Crippen molar-refractivity contribution >= 4 is 0 Å². The van der Waals surface area contributed by atoms with Crippen LogP contribution in [0, 0.1) is 5.92 Å². The molecule has 0 aliphatic carbocycles. The van der Waals surface area contributed by atoms with E-state index >= 15 is 0 Å². The highest BCUT2D eigenvalue weighted by molar-refractivity contribution is 4.86. The van der Waals surface area contributed by atoms with Crippen LogP contribution in [0.25, 0.3) is 0 Å². The zero-order valence-electron chi connectivity index (χ0n) is 9.72. The Labute approximate surface area is 82.7 Å². The maximum atomic E-state index is 3.58. The Kier molecular flexibility index (Phi) is 3.36. The van der Waals surface area contributed by atoms with Gasteiger partial charge >= 0.3 is 0 Å². The molecule has 1 unspecified atom stereocenters. The minimum atomic E-state index is 0.329. The lowest BCUT2D eigenvalue weighted by molar-refractivity contribution is 0.0839. The normalized spacial score (nSPS) is 26.8. The van der Waals surface area contributed by atoms with Crippen LogP contribution in [0.4, 0.5) is 0 Å². The van der Waals surface area contributed by atoms with Crippen molar-refractivity contribution in [3.63, 3.8) is 0 Å². The predicted octanol–water partition coefficient (Wildman–Crippen LogP) is 1.71. The van der Waals surface area contributed by atoms with E-state index in [1.54, 1.807) is 0 Å². The monoisotopic (exact) mass is 184 g/mol. The van der Waals surface area contributed by atoms with E-state index in [0.29, 0.717) is 11.6 Å². The van der Waals surface area contributed by atoms with Crippen molar-refractivity contribution in [1.82, 2.24) is 10.2 Å². The first kappa shape index (κ1) is 11.0. The summed E-state index contributed by atoms with van der Waals surface area (Å²) in [5.41, 5.74) is 0.329. The van der Waals surface area contributed by atoms with Gasteiger partial charge in [-0.05, 0) is 26.7 Å². The fourth-order valence-electron chi connectivity index (χ4n) is 1.83. The number of hydrogen-bond acceptors (Lipinski definition) is 2. The first-order chi connectivity index (χ1) is 5.91. The van der Waals surface area contributed by atoms with Crippen molar-refractivity contribution in [2.75, 3.05) is 19.6 Å². The van der Waals surface area contributed by atoms with Crippen LogP contribution < -0.4 is 5.32 Å². The summed E-state index contributed by atoms with van der Waals surface area (Å²) in [5.74, 6) is 0.741. The third-order valence-electron chi connectivity index (χ3n) is 2.96. The summed E-state index contributed by atoms with van der Waals surface area (Å²) in [5, 5.41) is 3.58. The van der Waals surface area contributed by atoms with Crippen molar-refractivity contribution in [2.45, 2.75) is 46.2 Å². The smallest absolute Gasteiger partial charge is 0.0218 e. The average Bonchev–Trinajstić information content (AvgIpc) is 2.03. The second kappa shape index (κ2) is 3.97.